The average molecular weight is 231 g/mol. The second-order valence-electron chi connectivity index (χ2n) is 2.75. The van der Waals surface area contributed by atoms with E-state index in [-0.39, 0.29) is 17.1 Å². The van der Waals surface area contributed by atoms with Gasteiger partial charge in [0.15, 0.2) is 0 Å². The summed E-state index contributed by atoms with van der Waals surface area (Å²) >= 11 is 5.55. The van der Waals surface area contributed by atoms with Crippen molar-refractivity contribution in [2.75, 3.05) is 6.54 Å². The molecule has 0 saturated carbocycles. The smallest absolute Gasteiger partial charge is 0.253 e. The van der Waals surface area contributed by atoms with Crippen molar-refractivity contribution in [3.8, 4) is 0 Å². The van der Waals surface area contributed by atoms with Crippen LogP contribution in [0.1, 0.15) is 10.4 Å². The van der Waals surface area contributed by atoms with Gasteiger partial charge in [-0.25, -0.2) is 4.39 Å². The molecule has 0 fully saturated rings. The third kappa shape index (κ3) is 2.92. The van der Waals surface area contributed by atoms with Crippen molar-refractivity contribution in [1.29, 1.82) is 0 Å². The first-order chi connectivity index (χ1) is 7.02. The van der Waals surface area contributed by atoms with E-state index in [1.165, 1.54) is 12.1 Å². The number of hydrogen-bond acceptors (Lipinski definition) is 2. The van der Waals surface area contributed by atoms with Gasteiger partial charge >= 0.3 is 0 Å². The van der Waals surface area contributed by atoms with Crippen LogP contribution in [0.25, 0.3) is 0 Å². The number of amides is 2. The molecule has 15 heavy (non-hydrogen) atoms. The first-order valence-electron chi connectivity index (χ1n) is 4.03. The molecule has 0 bridgehead atoms. The summed E-state index contributed by atoms with van der Waals surface area (Å²) in [6.45, 7) is -0.314. The SMILES string of the molecule is NC(=O)CNC(=O)c1cccc(F)c1Cl. The Bertz CT molecular complexity index is 409. The van der Waals surface area contributed by atoms with Gasteiger partial charge in [-0.05, 0) is 12.1 Å². The van der Waals surface area contributed by atoms with Gasteiger partial charge in [-0.15, -0.1) is 0 Å². The van der Waals surface area contributed by atoms with Crippen LogP contribution < -0.4 is 11.1 Å². The normalized spacial score (nSPS) is 9.73. The summed E-state index contributed by atoms with van der Waals surface area (Å²) in [6, 6.07) is 3.83. The second kappa shape index (κ2) is 4.75. The van der Waals surface area contributed by atoms with Crippen molar-refractivity contribution in [2.45, 2.75) is 0 Å². The largest absolute Gasteiger partial charge is 0.368 e. The van der Waals surface area contributed by atoms with E-state index in [2.05, 4.69) is 5.32 Å². The van der Waals surface area contributed by atoms with E-state index in [0.29, 0.717) is 0 Å². The van der Waals surface area contributed by atoms with Crippen LogP contribution in [0.4, 0.5) is 4.39 Å². The van der Waals surface area contributed by atoms with E-state index >= 15 is 0 Å². The molecule has 0 heterocycles. The van der Waals surface area contributed by atoms with E-state index in [0.717, 1.165) is 6.07 Å². The number of carbonyl (C=O) groups excluding carboxylic acids is 2. The third-order valence-corrected chi connectivity index (χ3v) is 2.00. The maximum Gasteiger partial charge on any atom is 0.253 e. The van der Waals surface area contributed by atoms with Gasteiger partial charge in [0.1, 0.15) is 5.82 Å². The lowest BCUT2D eigenvalue weighted by molar-refractivity contribution is -0.117. The van der Waals surface area contributed by atoms with Crippen LogP contribution in [0.5, 0.6) is 0 Å². The van der Waals surface area contributed by atoms with Crippen molar-refractivity contribution in [2.24, 2.45) is 5.73 Å². The number of halogens is 2. The van der Waals surface area contributed by atoms with Crippen molar-refractivity contribution in [1.82, 2.24) is 5.32 Å². The van der Waals surface area contributed by atoms with Crippen LogP contribution in [0.15, 0.2) is 18.2 Å². The predicted octanol–water partition coefficient (Wildman–Crippen LogP) is 0.694. The van der Waals surface area contributed by atoms with Crippen molar-refractivity contribution in [3.63, 3.8) is 0 Å². The highest BCUT2D eigenvalue weighted by molar-refractivity contribution is 6.34. The Kier molecular flexibility index (Phi) is 3.62. The first-order valence-corrected chi connectivity index (χ1v) is 4.40. The molecule has 0 spiro atoms. The van der Waals surface area contributed by atoms with Gasteiger partial charge in [-0.2, -0.15) is 0 Å². The Hall–Kier alpha value is -1.62. The summed E-state index contributed by atoms with van der Waals surface area (Å²) in [7, 11) is 0. The molecule has 0 atom stereocenters. The minimum atomic E-state index is -0.691. The Morgan fingerprint density at radius 3 is 2.73 bits per heavy atom. The highest BCUT2D eigenvalue weighted by Gasteiger charge is 2.13. The Morgan fingerprint density at radius 1 is 1.47 bits per heavy atom. The molecule has 2 amide bonds. The molecule has 80 valence electrons. The molecule has 0 aliphatic heterocycles. The van der Waals surface area contributed by atoms with Crippen molar-refractivity contribution in [3.05, 3.63) is 34.6 Å². The molecular weight excluding hydrogens is 223 g/mol. The lowest BCUT2D eigenvalue weighted by atomic mass is 10.2. The lowest BCUT2D eigenvalue weighted by Gasteiger charge is -2.04. The van der Waals surface area contributed by atoms with E-state index in [1.54, 1.807) is 0 Å². The topological polar surface area (TPSA) is 72.2 Å². The second-order valence-corrected chi connectivity index (χ2v) is 3.13. The maximum atomic E-state index is 12.9. The van der Waals surface area contributed by atoms with Gasteiger partial charge in [0.2, 0.25) is 5.91 Å². The van der Waals surface area contributed by atoms with E-state index < -0.39 is 17.6 Å². The zero-order valence-corrected chi connectivity index (χ0v) is 8.34. The zero-order valence-electron chi connectivity index (χ0n) is 7.59. The fourth-order valence-electron chi connectivity index (χ4n) is 0.942. The standard InChI is InChI=1S/C9H8ClFN2O2/c10-8-5(2-1-3-6(8)11)9(15)13-4-7(12)14/h1-3H,4H2,(H2,12,14)(H,13,15). The van der Waals surface area contributed by atoms with E-state index in [4.69, 9.17) is 17.3 Å². The molecular formula is C9H8ClFN2O2. The Morgan fingerprint density at radius 2 is 2.13 bits per heavy atom. The van der Waals surface area contributed by atoms with Crippen molar-refractivity contribution < 1.29 is 14.0 Å². The number of primary amides is 1. The van der Waals surface area contributed by atoms with Crippen LogP contribution in [0.2, 0.25) is 5.02 Å². The molecule has 1 aromatic carbocycles. The van der Waals surface area contributed by atoms with E-state index in [9.17, 15) is 14.0 Å². The molecule has 0 radical (unpaired) electrons. The van der Waals surface area contributed by atoms with E-state index in [1.807, 2.05) is 0 Å². The zero-order chi connectivity index (χ0) is 11.4. The summed E-state index contributed by atoms with van der Waals surface area (Å²) in [5.74, 6) is -2.02. The minimum Gasteiger partial charge on any atom is -0.368 e. The predicted molar refractivity (Wildman–Crippen MR) is 52.9 cm³/mol. The average Bonchev–Trinajstić information content (AvgIpc) is 2.18. The number of nitrogens with one attached hydrogen (secondary N) is 1. The van der Waals surface area contributed by atoms with Gasteiger partial charge in [-0.1, -0.05) is 17.7 Å². The highest BCUT2D eigenvalue weighted by Crippen LogP contribution is 2.19. The van der Waals surface area contributed by atoms with Crippen molar-refractivity contribution >= 4 is 23.4 Å². The third-order valence-electron chi connectivity index (χ3n) is 1.62. The van der Waals surface area contributed by atoms with Crippen LogP contribution >= 0.6 is 11.6 Å². The summed E-state index contributed by atoms with van der Waals surface area (Å²) < 4.78 is 12.9. The summed E-state index contributed by atoms with van der Waals surface area (Å²) in [5.41, 5.74) is 4.80. The number of hydrogen-bond donors (Lipinski definition) is 2. The molecule has 1 aromatic rings. The maximum absolute atomic E-state index is 12.9. The lowest BCUT2D eigenvalue weighted by Crippen LogP contribution is -2.33. The van der Waals surface area contributed by atoms with Gasteiger partial charge in [-0.3, -0.25) is 9.59 Å². The number of rotatable bonds is 3. The summed E-state index contributed by atoms with van der Waals surface area (Å²) in [5, 5.41) is 1.92. The molecule has 0 unspecified atom stereocenters. The van der Waals surface area contributed by atoms with Gasteiger partial charge in [0.05, 0.1) is 17.1 Å². The van der Waals surface area contributed by atoms with Crippen LogP contribution in [-0.2, 0) is 4.79 Å². The quantitative estimate of drug-likeness (QED) is 0.802. The molecule has 4 nitrogen and oxygen atoms in total. The van der Waals surface area contributed by atoms with Crippen LogP contribution in [0, 0.1) is 5.82 Å². The molecule has 6 heteroatoms. The van der Waals surface area contributed by atoms with Gasteiger partial charge in [0.25, 0.3) is 5.91 Å². The Labute approximate surface area is 90.2 Å². The van der Waals surface area contributed by atoms with Crippen LogP contribution in [0.3, 0.4) is 0 Å². The molecule has 0 aliphatic rings. The number of benzene rings is 1. The summed E-state index contributed by atoms with van der Waals surface area (Å²) in [6.07, 6.45) is 0. The first kappa shape index (κ1) is 11.5. The number of carbonyl (C=O) groups is 2. The number of nitrogens with two attached hydrogens (primary N) is 1. The fourth-order valence-corrected chi connectivity index (χ4v) is 1.15. The molecule has 0 saturated heterocycles. The molecule has 1 rings (SSSR count). The fraction of sp³-hybridized carbons (Fsp3) is 0.111. The van der Waals surface area contributed by atoms with Gasteiger partial charge < -0.3 is 11.1 Å². The molecule has 0 aromatic heterocycles. The Balaban J connectivity index is 2.82. The van der Waals surface area contributed by atoms with Gasteiger partial charge in [0, 0.05) is 0 Å². The molecule has 3 N–H and O–H groups in total. The molecule has 0 aliphatic carbocycles. The monoisotopic (exact) mass is 230 g/mol. The van der Waals surface area contributed by atoms with Crippen LogP contribution in [-0.4, -0.2) is 18.4 Å². The summed E-state index contributed by atoms with van der Waals surface area (Å²) in [4.78, 5) is 21.7. The minimum absolute atomic E-state index is 0.0297. The highest BCUT2D eigenvalue weighted by atomic mass is 35.5.